The lowest BCUT2D eigenvalue weighted by Crippen LogP contribution is -2.14. The highest BCUT2D eigenvalue weighted by atomic mass is 16.5. The van der Waals surface area contributed by atoms with Crippen LogP contribution < -0.4 is 10.1 Å². The molecule has 1 aromatic carbocycles. The lowest BCUT2D eigenvalue weighted by molar-refractivity contribution is 0.304. The second-order valence-corrected chi connectivity index (χ2v) is 4.62. The van der Waals surface area contributed by atoms with E-state index >= 15 is 0 Å². The van der Waals surface area contributed by atoms with Crippen LogP contribution in [0, 0.1) is 0 Å². The Morgan fingerprint density at radius 1 is 1.15 bits per heavy atom. The van der Waals surface area contributed by atoms with Crippen molar-refractivity contribution in [3.63, 3.8) is 0 Å². The number of aromatic nitrogens is 1. The van der Waals surface area contributed by atoms with E-state index in [2.05, 4.69) is 17.2 Å². The van der Waals surface area contributed by atoms with E-state index in [0.29, 0.717) is 6.61 Å². The van der Waals surface area contributed by atoms with Crippen molar-refractivity contribution >= 4 is 0 Å². The molecule has 0 saturated heterocycles. The molecule has 20 heavy (non-hydrogen) atoms. The van der Waals surface area contributed by atoms with E-state index in [-0.39, 0.29) is 5.75 Å². The third-order valence-electron chi connectivity index (χ3n) is 2.87. The van der Waals surface area contributed by atoms with Crippen LogP contribution in [-0.2, 0) is 13.2 Å². The van der Waals surface area contributed by atoms with E-state index in [1.165, 1.54) is 0 Å². The largest absolute Gasteiger partial charge is 0.508 e. The Morgan fingerprint density at radius 2 is 1.95 bits per heavy atom. The number of hydrogen-bond donors (Lipinski definition) is 2. The summed E-state index contributed by atoms with van der Waals surface area (Å²) in [6.07, 6.45) is 2.86. The van der Waals surface area contributed by atoms with Crippen LogP contribution >= 0.6 is 0 Å². The third kappa shape index (κ3) is 4.55. The number of phenolic OH excluding ortho intramolecular Hbond substituents is 1. The Bertz CT molecular complexity index is 509. The maximum absolute atomic E-state index is 9.20. The van der Waals surface area contributed by atoms with Crippen molar-refractivity contribution in [2.24, 2.45) is 0 Å². The van der Waals surface area contributed by atoms with Gasteiger partial charge in [0, 0.05) is 6.54 Å². The van der Waals surface area contributed by atoms with Crippen LogP contribution in [0.4, 0.5) is 0 Å². The molecule has 0 bridgehead atoms. The van der Waals surface area contributed by atoms with Gasteiger partial charge in [0.1, 0.15) is 18.1 Å². The monoisotopic (exact) mass is 272 g/mol. The normalized spacial score (nSPS) is 10.4. The summed E-state index contributed by atoms with van der Waals surface area (Å²) in [5.41, 5.74) is 2.02. The van der Waals surface area contributed by atoms with E-state index in [4.69, 9.17) is 4.74 Å². The summed E-state index contributed by atoms with van der Waals surface area (Å²) < 4.78 is 5.65. The Labute approximate surface area is 119 Å². The number of rotatable bonds is 7. The van der Waals surface area contributed by atoms with Crippen LogP contribution in [0.3, 0.4) is 0 Å². The smallest absolute Gasteiger partial charge is 0.138 e. The zero-order chi connectivity index (χ0) is 14.2. The third-order valence-corrected chi connectivity index (χ3v) is 2.87. The van der Waals surface area contributed by atoms with Crippen LogP contribution in [0.15, 0.2) is 42.6 Å². The minimum absolute atomic E-state index is 0.263. The number of pyridine rings is 1. The molecule has 1 heterocycles. The molecule has 1 aromatic heterocycles. The van der Waals surface area contributed by atoms with Gasteiger partial charge >= 0.3 is 0 Å². The summed E-state index contributed by atoms with van der Waals surface area (Å²) in [5.74, 6) is 1.01. The van der Waals surface area contributed by atoms with Gasteiger partial charge in [-0.3, -0.25) is 4.98 Å². The standard InChI is InChI=1S/C16H20N2O2/c1-2-9-17-10-14-5-8-16(11-18-14)20-12-13-3-6-15(19)7-4-13/h3-8,11,17,19H,2,9-10,12H2,1H3. The first-order chi connectivity index (χ1) is 9.78. The maximum atomic E-state index is 9.20. The van der Waals surface area contributed by atoms with Crippen LogP contribution in [0.5, 0.6) is 11.5 Å². The maximum Gasteiger partial charge on any atom is 0.138 e. The van der Waals surface area contributed by atoms with E-state index in [1.54, 1.807) is 18.3 Å². The van der Waals surface area contributed by atoms with Gasteiger partial charge in [-0.1, -0.05) is 19.1 Å². The van der Waals surface area contributed by atoms with Gasteiger partial charge in [-0.15, -0.1) is 0 Å². The van der Waals surface area contributed by atoms with Crippen molar-refractivity contribution in [1.29, 1.82) is 0 Å². The average molecular weight is 272 g/mol. The molecule has 0 spiro atoms. The van der Waals surface area contributed by atoms with Gasteiger partial charge in [0.2, 0.25) is 0 Å². The molecule has 0 unspecified atom stereocenters. The molecule has 4 nitrogen and oxygen atoms in total. The molecule has 106 valence electrons. The molecule has 2 aromatic rings. The minimum Gasteiger partial charge on any atom is -0.508 e. The van der Waals surface area contributed by atoms with Gasteiger partial charge in [-0.05, 0) is 42.8 Å². The zero-order valence-corrected chi connectivity index (χ0v) is 11.7. The Morgan fingerprint density at radius 3 is 2.60 bits per heavy atom. The Kier molecular flexibility index (Phi) is 5.38. The predicted molar refractivity (Wildman–Crippen MR) is 78.7 cm³/mol. The van der Waals surface area contributed by atoms with E-state index in [1.807, 2.05) is 24.3 Å². The van der Waals surface area contributed by atoms with Gasteiger partial charge < -0.3 is 15.2 Å². The molecule has 0 aliphatic heterocycles. The van der Waals surface area contributed by atoms with Gasteiger partial charge in [0.05, 0.1) is 11.9 Å². The number of phenols is 1. The first-order valence-electron chi connectivity index (χ1n) is 6.84. The van der Waals surface area contributed by atoms with Gasteiger partial charge in [-0.2, -0.15) is 0 Å². The molecule has 0 fully saturated rings. The molecule has 2 N–H and O–H groups in total. The summed E-state index contributed by atoms with van der Waals surface area (Å²) in [6, 6.07) is 10.9. The van der Waals surface area contributed by atoms with Crippen LogP contribution in [0.25, 0.3) is 0 Å². The van der Waals surface area contributed by atoms with Crippen molar-refractivity contribution in [3.05, 3.63) is 53.9 Å². The Balaban J connectivity index is 1.82. The summed E-state index contributed by atoms with van der Waals surface area (Å²) in [7, 11) is 0. The molecule has 0 aliphatic carbocycles. The van der Waals surface area contributed by atoms with Gasteiger partial charge in [0.15, 0.2) is 0 Å². The van der Waals surface area contributed by atoms with Crippen molar-refractivity contribution in [3.8, 4) is 11.5 Å². The average Bonchev–Trinajstić information content (AvgIpc) is 2.48. The molecule has 0 radical (unpaired) electrons. The summed E-state index contributed by atoms with van der Waals surface area (Å²) in [4.78, 5) is 4.35. The second-order valence-electron chi connectivity index (χ2n) is 4.62. The molecular weight excluding hydrogens is 252 g/mol. The number of ether oxygens (including phenoxy) is 1. The van der Waals surface area contributed by atoms with Gasteiger partial charge in [-0.25, -0.2) is 0 Å². The highest BCUT2D eigenvalue weighted by Gasteiger charge is 1.98. The van der Waals surface area contributed by atoms with Crippen molar-refractivity contribution in [2.45, 2.75) is 26.5 Å². The topological polar surface area (TPSA) is 54.4 Å². The van der Waals surface area contributed by atoms with Crippen LogP contribution in [0.1, 0.15) is 24.6 Å². The van der Waals surface area contributed by atoms with E-state index in [9.17, 15) is 5.11 Å². The summed E-state index contributed by atoms with van der Waals surface area (Å²) in [5, 5.41) is 12.5. The fourth-order valence-electron chi connectivity index (χ4n) is 1.75. The zero-order valence-electron chi connectivity index (χ0n) is 11.7. The number of nitrogens with one attached hydrogen (secondary N) is 1. The minimum atomic E-state index is 0.263. The summed E-state index contributed by atoms with van der Waals surface area (Å²) >= 11 is 0. The second kappa shape index (κ2) is 7.50. The number of nitrogens with zero attached hydrogens (tertiary/aromatic N) is 1. The lowest BCUT2D eigenvalue weighted by atomic mass is 10.2. The van der Waals surface area contributed by atoms with Crippen LogP contribution in [-0.4, -0.2) is 16.6 Å². The summed E-state index contributed by atoms with van der Waals surface area (Å²) in [6.45, 7) is 4.39. The van der Waals surface area contributed by atoms with Crippen molar-refractivity contribution in [1.82, 2.24) is 10.3 Å². The molecule has 0 amide bonds. The molecule has 0 aliphatic rings. The van der Waals surface area contributed by atoms with Crippen molar-refractivity contribution < 1.29 is 9.84 Å². The highest BCUT2D eigenvalue weighted by molar-refractivity contribution is 5.26. The predicted octanol–water partition coefficient (Wildman–Crippen LogP) is 2.87. The quantitative estimate of drug-likeness (QED) is 0.761. The van der Waals surface area contributed by atoms with E-state index < -0.39 is 0 Å². The molecule has 4 heteroatoms. The highest BCUT2D eigenvalue weighted by Crippen LogP contribution is 2.14. The van der Waals surface area contributed by atoms with E-state index in [0.717, 1.165) is 36.5 Å². The molecular formula is C16H20N2O2. The first-order valence-corrected chi connectivity index (χ1v) is 6.84. The molecule has 0 saturated carbocycles. The SMILES string of the molecule is CCCNCc1ccc(OCc2ccc(O)cc2)cn1. The number of aromatic hydroxyl groups is 1. The number of hydrogen-bond acceptors (Lipinski definition) is 4. The molecule has 0 atom stereocenters. The van der Waals surface area contributed by atoms with Crippen molar-refractivity contribution in [2.75, 3.05) is 6.54 Å². The molecule has 2 rings (SSSR count). The lowest BCUT2D eigenvalue weighted by Gasteiger charge is -2.07. The number of benzene rings is 1. The Hall–Kier alpha value is -2.07. The van der Waals surface area contributed by atoms with Crippen LogP contribution in [0.2, 0.25) is 0 Å². The van der Waals surface area contributed by atoms with Gasteiger partial charge in [0.25, 0.3) is 0 Å². The fraction of sp³-hybridized carbons (Fsp3) is 0.312. The first kappa shape index (κ1) is 14.3. The fourth-order valence-corrected chi connectivity index (χ4v) is 1.75.